The normalized spacial score (nSPS) is 14.3. The Labute approximate surface area is 206 Å². The molecule has 0 aliphatic rings. The Balaban J connectivity index is 3.42. The van der Waals surface area contributed by atoms with Gasteiger partial charge in [-0.1, -0.05) is 6.58 Å². The van der Waals surface area contributed by atoms with E-state index in [0.717, 1.165) is 5.56 Å². The molecule has 0 saturated heterocycles. The van der Waals surface area contributed by atoms with Gasteiger partial charge in [0.25, 0.3) is 0 Å². The summed E-state index contributed by atoms with van der Waals surface area (Å²) in [5.41, 5.74) is 1.66. The maximum atomic E-state index is 13.6. The van der Waals surface area contributed by atoms with E-state index in [1.807, 2.05) is 90.4 Å². The zero-order chi connectivity index (χ0) is 21.5. The Morgan fingerprint density at radius 2 is 1.48 bits per heavy atom. The van der Waals surface area contributed by atoms with Gasteiger partial charge in [0.15, 0.2) is 0 Å². The van der Waals surface area contributed by atoms with Crippen molar-refractivity contribution in [2.24, 2.45) is 0 Å². The summed E-state index contributed by atoms with van der Waals surface area (Å²) >= 11 is 7.58. The lowest BCUT2D eigenvalue weighted by molar-refractivity contribution is -0.268. The highest BCUT2D eigenvalue weighted by Gasteiger charge is 2.64. The van der Waals surface area contributed by atoms with Gasteiger partial charge in [0.1, 0.15) is 0 Å². The fraction of sp³-hybridized carbons (Fsp3) is 0.385. The minimum atomic E-state index is -6.34. The van der Waals surface area contributed by atoms with E-state index in [-0.39, 0.29) is 5.56 Å². The van der Waals surface area contributed by atoms with Crippen LogP contribution >= 0.6 is 90.4 Å². The fourth-order valence-electron chi connectivity index (χ4n) is 1.86. The standard InChI is InChI=1S/C13H9F5I4O4S/c1-4(2)6-9(21)7(19)5(8(20)10(6)22)3-26-11(12(14,15)16)13(17,18)27(23,24)25/h11H,1,3H2,2H3,(H,23,24,25). The molecule has 1 N–H and O–H groups in total. The average Bonchev–Trinajstić information content (AvgIpc) is 2.45. The van der Waals surface area contributed by atoms with E-state index in [9.17, 15) is 30.4 Å². The van der Waals surface area contributed by atoms with Crippen molar-refractivity contribution in [1.82, 2.24) is 0 Å². The molecule has 1 unspecified atom stereocenters. The molecule has 0 fully saturated rings. The van der Waals surface area contributed by atoms with Crippen molar-refractivity contribution in [2.45, 2.75) is 31.1 Å². The van der Waals surface area contributed by atoms with Crippen molar-refractivity contribution in [3.8, 4) is 0 Å². The lowest BCUT2D eigenvalue weighted by atomic mass is 10.1. The van der Waals surface area contributed by atoms with Gasteiger partial charge in [0.2, 0.25) is 6.10 Å². The van der Waals surface area contributed by atoms with Crippen molar-refractivity contribution in [3.05, 3.63) is 32.0 Å². The van der Waals surface area contributed by atoms with Crippen molar-refractivity contribution >= 4 is 106 Å². The number of benzene rings is 1. The minimum Gasteiger partial charge on any atom is -0.357 e. The van der Waals surface area contributed by atoms with Gasteiger partial charge in [-0.3, -0.25) is 4.55 Å². The first kappa shape index (κ1) is 26.4. The SMILES string of the molecule is C=C(C)c1c(I)c(I)c(COC(C(F)(F)F)C(F)(F)S(=O)(=O)O)c(I)c1I. The molecule has 0 amide bonds. The van der Waals surface area contributed by atoms with Gasteiger partial charge in [-0.2, -0.15) is 30.4 Å². The molecule has 0 heterocycles. The molecular formula is C13H9F5I4O4S. The van der Waals surface area contributed by atoms with Gasteiger partial charge in [-0.15, -0.1) is 0 Å². The van der Waals surface area contributed by atoms with Gasteiger partial charge in [0.05, 0.1) is 6.61 Å². The molecule has 1 aromatic carbocycles. The summed E-state index contributed by atoms with van der Waals surface area (Å²) in [4.78, 5) is 0. The van der Waals surface area contributed by atoms with Gasteiger partial charge in [-0.25, -0.2) is 0 Å². The maximum Gasteiger partial charge on any atom is 0.421 e. The van der Waals surface area contributed by atoms with E-state index in [1.165, 1.54) is 0 Å². The number of allylic oxidation sites excluding steroid dienone is 1. The topological polar surface area (TPSA) is 63.6 Å². The smallest absolute Gasteiger partial charge is 0.357 e. The monoisotopic (exact) mass is 864 g/mol. The first-order valence-corrected chi connectivity index (χ1v) is 12.2. The second kappa shape index (κ2) is 9.27. The van der Waals surface area contributed by atoms with Crippen molar-refractivity contribution in [2.75, 3.05) is 0 Å². The highest BCUT2D eigenvalue weighted by atomic mass is 127. The summed E-state index contributed by atoms with van der Waals surface area (Å²) in [6.45, 7) is 4.64. The summed E-state index contributed by atoms with van der Waals surface area (Å²) in [5.74, 6) is 0. The molecule has 4 nitrogen and oxygen atoms in total. The van der Waals surface area contributed by atoms with Gasteiger partial charge >= 0.3 is 21.5 Å². The highest BCUT2D eigenvalue weighted by Crippen LogP contribution is 2.40. The lowest BCUT2D eigenvalue weighted by Gasteiger charge is -2.27. The van der Waals surface area contributed by atoms with Crippen molar-refractivity contribution in [1.29, 1.82) is 0 Å². The van der Waals surface area contributed by atoms with Crippen molar-refractivity contribution < 1.29 is 39.7 Å². The summed E-state index contributed by atoms with van der Waals surface area (Å²) in [7, 11) is -6.34. The fourth-order valence-corrected chi connectivity index (χ4v) is 6.87. The molecular weight excluding hydrogens is 855 g/mol. The third-order valence-electron chi connectivity index (χ3n) is 3.12. The van der Waals surface area contributed by atoms with Crippen molar-refractivity contribution in [3.63, 3.8) is 0 Å². The van der Waals surface area contributed by atoms with Crippen LogP contribution in [0.1, 0.15) is 18.1 Å². The summed E-state index contributed by atoms with van der Waals surface area (Å²) < 4.78 is 103. The van der Waals surface area contributed by atoms with Gasteiger partial charge in [0, 0.05) is 25.4 Å². The number of rotatable bonds is 6. The second-order valence-corrected chi connectivity index (χ2v) is 11.0. The predicted octanol–water partition coefficient (Wildman–Crippen LogP) is 6.07. The van der Waals surface area contributed by atoms with Crippen LogP contribution in [0.4, 0.5) is 22.0 Å². The highest BCUT2D eigenvalue weighted by molar-refractivity contribution is 14.1. The second-order valence-electron chi connectivity index (χ2n) is 5.16. The maximum absolute atomic E-state index is 13.6. The van der Waals surface area contributed by atoms with Crippen LogP contribution in [0, 0.1) is 14.3 Å². The van der Waals surface area contributed by atoms with E-state index >= 15 is 0 Å². The lowest BCUT2D eigenvalue weighted by Crippen LogP contribution is -2.51. The first-order valence-electron chi connectivity index (χ1n) is 6.48. The van der Waals surface area contributed by atoms with E-state index in [1.54, 1.807) is 6.92 Å². The molecule has 0 radical (unpaired) electrons. The van der Waals surface area contributed by atoms with Crippen LogP contribution in [0.25, 0.3) is 5.57 Å². The number of halogens is 9. The first-order chi connectivity index (χ1) is 11.9. The van der Waals surface area contributed by atoms with Gasteiger partial charge in [-0.05, 0) is 103 Å². The van der Waals surface area contributed by atoms with Crippen LogP contribution in [0.3, 0.4) is 0 Å². The zero-order valence-corrected chi connectivity index (χ0v) is 22.4. The third kappa shape index (κ3) is 5.76. The van der Waals surface area contributed by atoms with Crippen LogP contribution in [0.5, 0.6) is 0 Å². The van der Waals surface area contributed by atoms with Gasteiger partial charge < -0.3 is 4.74 Å². The minimum absolute atomic E-state index is 0.190. The van der Waals surface area contributed by atoms with E-state index in [4.69, 9.17) is 4.55 Å². The van der Waals surface area contributed by atoms with Crippen LogP contribution < -0.4 is 0 Å². The molecule has 1 aromatic rings. The summed E-state index contributed by atoms with van der Waals surface area (Å²) in [6, 6.07) is 0. The zero-order valence-electron chi connectivity index (χ0n) is 13.0. The largest absolute Gasteiger partial charge is 0.421 e. The number of alkyl halides is 5. The molecule has 1 atom stereocenters. The quantitative estimate of drug-likeness (QED) is 0.164. The average molecular weight is 864 g/mol. The van der Waals surface area contributed by atoms with E-state index in [2.05, 4.69) is 11.3 Å². The molecule has 154 valence electrons. The van der Waals surface area contributed by atoms with Crippen LogP contribution in [0.2, 0.25) is 0 Å². The Kier molecular flexibility index (Phi) is 9.07. The Morgan fingerprint density at radius 1 is 1.07 bits per heavy atom. The third-order valence-corrected chi connectivity index (χ3v) is 10.6. The van der Waals surface area contributed by atoms with Crippen LogP contribution in [-0.2, 0) is 21.5 Å². The number of hydrogen-bond acceptors (Lipinski definition) is 3. The molecule has 0 aliphatic heterocycles. The van der Waals surface area contributed by atoms with E-state index < -0.39 is 34.3 Å². The Morgan fingerprint density at radius 3 is 1.78 bits per heavy atom. The summed E-state index contributed by atoms with van der Waals surface area (Å²) in [6.07, 6.45) is -9.75. The van der Waals surface area contributed by atoms with Crippen LogP contribution in [0.15, 0.2) is 6.58 Å². The number of hydrogen-bond donors (Lipinski definition) is 1. The molecule has 0 spiro atoms. The molecule has 14 heteroatoms. The predicted molar refractivity (Wildman–Crippen MR) is 123 cm³/mol. The Hall–Kier alpha value is 1.40. The molecule has 0 aromatic heterocycles. The number of ether oxygens (including phenoxy) is 1. The van der Waals surface area contributed by atoms with Crippen LogP contribution in [-0.4, -0.2) is 30.5 Å². The van der Waals surface area contributed by atoms with E-state index in [0.29, 0.717) is 19.9 Å². The summed E-state index contributed by atoms with van der Waals surface area (Å²) in [5, 5.41) is -5.56. The molecule has 27 heavy (non-hydrogen) atoms. The molecule has 0 aliphatic carbocycles. The molecule has 0 bridgehead atoms. The molecule has 1 rings (SSSR count). The molecule has 0 saturated carbocycles. The Bertz CT molecular complexity index is 841.